The van der Waals surface area contributed by atoms with Crippen LogP contribution in [0.2, 0.25) is 0 Å². The number of hydrogen-bond donors (Lipinski definition) is 1. The largest absolute Gasteiger partial charge is 0.387 e. The van der Waals surface area contributed by atoms with Crippen molar-refractivity contribution >= 4 is 10.9 Å². The van der Waals surface area contributed by atoms with Gasteiger partial charge in [-0.25, -0.2) is 0 Å². The normalized spacial score (nSPS) is 24.3. The van der Waals surface area contributed by atoms with E-state index in [0.29, 0.717) is 10.9 Å². The Kier molecular flexibility index (Phi) is 7.08. The van der Waals surface area contributed by atoms with Crippen molar-refractivity contribution in [3.8, 4) is 0 Å². The Labute approximate surface area is 140 Å². The summed E-state index contributed by atoms with van der Waals surface area (Å²) in [5.41, 5.74) is 1.49. The van der Waals surface area contributed by atoms with Crippen LogP contribution >= 0.6 is 0 Å². The van der Waals surface area contributed by atoms with Crippen molar-refractivity contribution in [1.82, 2.24) is 0 Å². The average molecular weight is 324 g/mol. The van der Waals surface area contributed by atoms with Crippen LogP contribution in [0.3, 0.4) is 0 Å². The molecular weight excluding hydrogens is 288 g/mol. The number of aliphatic hydroxyl groups is 1. The van der Waals surface area contributed by atoms with E-state index in [1.807, 2.05) is 0 Å². The van der Waals surface area contributed by atoms with Crippen molar-refractivity contribution in [3.05, 3.63) is 23.8 Å². The minimum absolute atomic E-state index is 0.0851. The van der Waals surface area contributed by atoms with Crippen LogP contribution < -0.4 is 0 Å². The number of hydrogen-bond acceptors (Lipinski definition) is 1. The zero-order valence-corrected chi connectivity index (χ0v) is 15.6. The molecule has 0 aromatic rings. The molecule has 1 heterocycles. The molecule has 0 spiro atoms. The SMILES string of the molecule is C/C=C(\C=C/CC(O)C(C)(C)[S+]1CCCC1)C1CCCCC1. The molecule has 0 bridgehead atoms. The third-order valence-corrected chi connectivity index (χ3v) is 8.98. The molecule has 2 fully saturated rings. The van der Waals surface area contributed by atoms with Crippen molar-refractivity contribution in [2.75, 3.05) is 11.5 Å². The molecule has 1 saturated heterocycles. The molecule has 0 radical (unpaired) electrons. The summed E-state index contributed by atoms with van der Waals surface area (Å²) in [6.45, 7) is 6.71. The highest BCUT2D eigenvalue weighted by atomic mass is 32.2. The van der Waals surface area contributed by atoms with Gasteiger partial charge in [0.2, 0.25) is 0 Å². The number of aliphatic hydroxyl groups excluding tert-OH is 1. The van der Waals surface area contributed by atoms with Gasteiger partial charge in [-0.2, -0.15) is 0 Å². The zero-order chi connectivity index (χ0) is 16.0. The summed E-state index contributed by atoms with van der Waals surface area (Å²) in [6.07, 6.45) is 17.0. The Morgan fingerprint density at radius 2 is 1.77 bits per heavy atom. The summed E-state index contributed by atoms with van der Waals surface area (Å²) in [5, 5.41) is 10.7. The second-order valence-electron chi connectivity index (χ2n) is 7.49. The molecule has 1 aliphatic carbocycles. The van der Waals surface area contributed by atoms with Gasteiger partial charge in [0.25, 0.3) is 0 Å². The van der Waals surface area contributed by atoms with Crippen LogP contribution in [-0.4, -0.2) is 27.5 Å². The van der Waals surface area contributed by atoms with Crippen LogP contribution in [0, 0.1) is 5.92 Å². The van der Waals surface area contributed by atoms with Crippen LogP contribution in [0.5, 0.6) is 0 Å². The Bertz CT molecular complexity index is 385. The highest BCUT2D eigenvalue weighted by Gasteiger charge is 2.45. The van der Waals surface area contributed by atoms with E-state index >= 15 is 0 Å². The number of rotatable bonds is 6. The van der Waals surface area contributed by atoms with Crippen LogP contribution in [-0.2, 0) is 10.9 Å². The lowest BCUT2D eigenvalue weighted by Crippen LogP contribution is -2.44. The Hall–Kier alpha value is -0.210. The van der Waals surface area contributed by atoms with E-state index in [4.69, 9.17) is 0 Å². The second-order valence-corrected chi connectivity index (χ2v) is 10.3. The molecule has 0 aromatic carbocycles. The highest BCUT2D eigenvalue weighted by molar-refractivity contribution is 7.98. The van der Waals surface area contributed by atoms with Crippen LogP contribution in [0.4, 0.5) is 0 Å². The summed E-state index contributed by atoms with van der Waals surface area (Å²) in [6, 6.07) is 0. The predicted octanol–water partition coefficient (Wildman–Crippen LogP) is 5.01. The van der Waals surface area contributed by atoms with Gasteiger partial charge in [-0.05, 0) is 75.3 Å². The van der Waals surface area contributed by atoms with Crippen LogP contribution in [0.15, 0.2) is 23.8 Å². The van der Waals surface area contributed by atoms with Crippen molar-refractivity contribution in [3.63, 3.8) is 0 Å². The standard InChI is InChI=1S/C20H35OS/c1-4-17(18-11-6-5-7-12-18)13-10-14-19(21)20(2,3)22-15-8-9-16-22/h4,10,13,18-19,21H,5-9,11-12,14-16H2,1-3H3/q+1/b13-10-,17-4+. The maximum absolute atomic E-state index is 10.7. The van der Waals surface area contributed by atoms with E-state index < -0.39 is 0 Å². The molecule has 1 nitrogen and oxygen atoms in total. The molecule has 1 atom stereocenters. The molecule has 2 aliphatic rings. The lowest BCUT2D eigenvalue weighted by atomic mass is 9.83. The molecule has 1 saturated carbocycles. The van der Waals surface area contributed by atoms with Gasteiger partial charge in [-0.3, -0.25) is 0 Å². The van der Waals surface area contributed by atoms with E-state index in [2.05, 4.69) is 39.0 Å². The first kappa shape index (κ1) is 18.1. The molecule has 1 aliphatic heterocycles. The molecular formula is C20H35OS+. The van der Waals surface area contributed by atoms with Gasteiger partial charge in [0.1, 0.15) is 22.4 Å². The second kappa shape index (κ2) is 8.59. The summed E-state index contributed by atoms with van der Waals surface area (Å²) in [4.78, 5) is 0. The quantitative estimate of drug-likeness (QED) is 0.538. The summed E-state index contributed by atoms with van der Waals surface area (Å²) < 4.78 is 0.0851. The van der Waals surface area contributed by atoms with Gasteiger partial charge >= 0.3 is 0 Å². The fraction of sp³-hybridized carbons (Fsp3) is 0.800. The van der Waals surface area contributed by atoms with Crippen LogP contribution in [0.25, 0.3) is 0 Å². The smallest absolute Gasteiger partial charge is 0.148 e. The fourth-order valence-corrected chi connectivity index (χ4v) is 6.74. The first-order valence-electron chi connectivity index (χ1n) is 9.24. The van der Waals surface area contributed by atoms with Crippen molar-refractivity contribution in [2.45, 2.75) is 83.0 Å². The molecule has 2 heteroatoms. The zero-order valence-electron chi connectivity index (χ0n) is 14.8. The third kappa shape index (κ3) is 4.64. The van der Waals surface area contributed by atoms with Crippen molar-refractivity contribution in [2.24, 2.45) is 5.92 Å². The van der Waals surface area contributed by atoms with E-state index in [0.717, 1.165) is 12.3 Å². The minimum Gasteiger partial charge on any atom is -0.387 e. The molecule has 1 N–H and O–H groups in total. The van der Waals surface area contributed by atoms with E-state index in [1.54, 1.807) is 0 Å². The average Bonchev–Trinajstić information content (AvgIpc) is 3.07. The molecule has 2 rings (SSSR count). The lowest BCUT2D eigenvalue weighted by Gasteiger charge is -2.28. The molecule has 0 amide bonds. The molecule has 1 unspecified atom stereocenters. The lowest BCUT2D eigenvalue weighted by molar-refractivity contribution is 0.144. The van der Waals surface area contributed by atoms with Gasteiger partial charge in [0.05, 0.1) is 0 Å². The minimum atomic E-state index is -0.199. The third-order valence-electron chi connectivity index (χ3n) is 5.66. The molecule has 0 aromatic heterocycles. The summed E-state index contributed by atoms with van der Waals surface area (Å²) >= 11 is 0. The summed E-state index contributed by atoms with van der Waals surface area (Å²) in [5.74, 6) is 3.42. The predicted molar refractivity (Wildman–Crippen MR) is 101 cm³/mol. The maximum Gasteiger partial charge on any atom is 0.148 e. The van der Waals surface area contributed by atoms with Crippen LogP contribution in [0.1, 0.15) is 72.1 Å². The van der Waals surface area contributed by atoms with Gasteiger partial charge in [0, 0.05) is 0 Å². The first-order chi connectivity index (χ1) is 10.6. The Morgan fingerprint density at radius 3 is 2.36 bits per heavy atom. The Morgan fingerprint density at radius 1 is 1.14 bits per heavy atom. The van der Waals surface area contributed by atoms with Gasteiger partial charge in [-0.1, -0.05) is 37.5 Å². The Balaban J connectivity index is 1.86. The van der Waals surface area contributed by atoms with Crippen molar-refractivity contribution in [1.29, 1.82) is 0 Å². The van der Waals surface area contributed by atoms with E-state index in [9.17, 15) is 5.11 Å². The topological polar surface area (TPSA) is 20.2 Å². The molecule has 126 valence electrons. The van der Waals surface area contributed by atoms with E-state index in [-0.39, 0.29) is 10.9 Å². The number of allylic oxidation sites excluding steroid dienone is 3. The van der Waals surface area contributed by atoms with Gasteiger partial charge in [-0.15, -0.1) is 0 Å². The maximum atomic E-state index is 10.7. The van der Waals surface area contributed by atoms with E-state index in [1.165, 1.54) is 62.0 Å². The molecule has 22 heavy (non-hydrogen) atoms. The summed E-state index contributed by atoms with van der Waals surface area (Å²) in [7, 11) is 0.414. The van der Waals surface area contributed by atoms with Gasteiger partial charge in [0.15, 0.2) is 0 Å². The fourth-order valence-electron chi connectivity index (χ4n) is 3.89. The first-order valence-corrected chi connectivity index (χ1v) is 10.8. The van der Waals surface area contributed by atoms with Crippen molar-refractivity contribution < 1.29 is 5.11 Å². The van der Waals surface area contributed by atoms with Gasteiger partial charge < -0.3 is 5.11 Å². The monoisotopic (exact) mass is 323 g/mol. The highest BCUT2D eigenvalue weighted by Crippen LogP contribution is 2.33.